The maximum absolute atomic E-state index is 5.69. The topological polar surface area (TPSA) is 55.0 Å². The number of hydrogen-bond acceptors (Lipinski definition) is 5. The van der Waals surface area contributed by atoms with Gasteiger partial charge >= 0.3 is 0 Å². The van der Waals surface area contributed by atoms with Gasteiger partial charge in [-0.15, -0.1) is 0 Å². The van der Waals surface area contributed by atoms with Gasteiger partial charge in [0.2, 0.25) is 5.95 Å². The molecular formula is C12H13BrN4S. The summed E-state index contributed by atoms with van der Waals surface area (Å²) < 4.78 is 0.902. The number of nitrogens with zero attached hydrogens (tertiary/aromatic N) is 3. The van der Waals surface area contributed by atoms with E-state index in [-0.39, 0.29) is 0 Å². The fourth-order valence-electron chi connectivity index (χ4n) is 1.92. The third-order valence-electron chi connectivity index (χ3n) is 2.94. The predicted octanol–water partition coefficient (Wildman–Crippen LogP) is 3.05. The second-order valence-corrected chi connectivity index (χ2v) is 6.02. The van der Waals surface area contributed by atoms with Gasteiger partial charge in [-0.05, 0) is 51.2 Å². The standard InChI is InChI=1S/C12H13BrN4S/c13-10-5-15-12(14)16-11(10)17(9-1-2-9)6-8-3-4-18-7-8/h3-5,7,9H,1-2,6H2,(H2,14,15,16). The molecule has 0 amide bonds. The van der Waals surface area contributed by atoms with E-state index in [0.29, 0.717) is 12.0 Å². The van der Waals surface area contributed by atoms with Gasteiger partial charge in [-0.1, -0.05) is 0 Å². The van der Waals surface area contributed by atoms with Gasteiger partial charge in [-0.2, -0.15) is 16.3 Å². The van der Waals surface area contributed by atoms with Crippen molar-refractivity contribution in [2.24, 2.45) is 0 Å². The molecule has 1 saturated carbocycles. The minimum Gasteiger partial charge on any atom is -0.368 e. The molecule has 3 rings (SSSR count). The Morgan fingerprint density at radius 1 is 1.50 bits per heavy atom. The zero-order valence-electron chi connectivity index (χ0n) is 9.71. The van der Waals surface area contributed by atoms with Crippen molar-refractivity contribution in [3.63, 3.8) is 0 Å². The number of hydrogen-bond donors (Lipinski definition) is 1. The normalized spacial score (nSPS) is 14.7. The van der Waals surface area contributed by atoms with Gasteiger partial charge in [-0.3, -0.25) is 0 Å². The average Bonchev–Trinajstić information content (AvgIpc) is 3.07. The molecule has 2 heterocycles. The molecule has 2 N–H and O–H groups in total. The highest BCUT2D eigenvalue weighted by Gasteiger charge is 2.31. The van der Waals surface area contributed by atoms with E-state index in [0.717, 1.165) is 16.8 Å². The summed E-state index contributed by atoms with van der Waals surface area (Å²) in [4.78, 5) is 10.7. The minimum atomic E-state index is 0.323. The molecule has 0 radical (unpaired) electrons. The summed E-state index contributed by atoms with van der Waals surface area (Å²) in [7, 11) is 0. The van der Waals surface area contributed by atoms with Crippen LogP contribution in [-0.4, -0.2) is 16.0 Å². The van der Waals surface area contributed by atoms with E-state index >= 15 is 0 Å². The summed E-state index contributed by atoms with van der Waals surface area (Å²) >= 11 is 5.23. The molecule has 0 unspecified atom stereocenters. The lowest BCUT2D eigenvalue weighted by atomic mass is 10.3. The molecule has 0 aromatic carbocycles. The third kappa shape index (κ3) is 2.49. The van der Waals surface area contributed by atoms with Crippen LogP contribution in [0.25, 0.3) is 0 Å². The van der Waals surface area contributed by atoms with E-state index in [2.05, 4.69) is 47.6 Å². The van der Waals surface area contributed by atoms with Crippen LogP contribution in [0.15, 0.2) is 27.5 Å². The zero-order chi connectivity index (χ0) is 12.5. The largest absolute Gasteiger partial charge is 0.368 e. The molecule has 0 bridgehead atoms. The number of nitrogens with two attached hydrogens (primary N) is 1. The van der Waals surface area contributed by atoms with Crippen LogP contribution in [0.4, 0.5) is 11.8 Å². The summed E-state index contributed by atoms with van der Waals surface area (Å²) in [6, 6.07) is 2.73. The molecule has 0 aliphatic heterocycles. The quantitative estimate of drug-likeness (QED) is 0.939. The van der Waals surface area contributed by atoms with Crippen molar-refractivity contribution in [3.05, 3.63) is 33.1 Å². The number of anilines is 2. The van der Waals surface area contributed by atoms with E-state index < -0.39 is 0 Å². The van der Waals surface area contributed by atoms with Gasteiger partial charge in [-0.25, -0.2) is 4.98 Å². The van der Waals surface area contributed by atoms with Crippen LogP contribution in [0.2, 0.25) is 0 Å². The molecule has 1 fully saturated rings. The van der Waals surface area contributed by atoms with E-state index in [1.54, 1.807) is 17.5 Å². The number of nitrogen functional groups attached to an aromatic ring is 1. The van der Waals surface area contributed by atoms with Crippen LogP contribution >= 0.6 is 27.3 Å². The maximum atomic E-state index is 5.69. The van der Waals surface area contributed by atoms with Crippen molar-refractivity contribution in [3.8, 4) is 0 Å². The first-order valence-corrected chi connectivity index (χ1v) is 7.53. The SMILES string of the molecule is Nc1ncc(Br)c(N(Cc2ccsc2)C2CC2)n1. The second kappa shape index (κ2) is 4.85. The van der Waals surface area contributed by atoms with Crippen LogP contribution in [0.3, 0.4) is 0 Å². The minimum absolute atomic E-state index is 0.323. The van der Waals surface area contributed by atoms with Gasteiger partial charge in [0.15, 0.2) is 0 Å². The molecule has 4 nitrogen and oxygen atoms in total. The Kier molecular flexibility index (Phi) is 3.22. The van der Waals surface area contributed by atoms with Gasteiger partial charge in [0.1, 0.15) is 5.82 Å². The van der Waals surface area contributed by atoms with Gasteiger partial charge in [0.25, 0.3) is 0 Å². The second-order valence-electron chi connectivity index (χ2n) is 4.39. The molecule has 1 aliphatic rings. The van der Waals surface area contributed by atoms with Crippen LogP contribution < -0.4 is 10.6 Å². The molecule has 6 heteroatoms. The molecule has 18 heavy (non-hydrogen) atoms. The number of rotatable bonds is 4. The average molecular weight is 325 g/mol. The highest BCUT2D eigenvalue weighted by molar-refractivity contribution is 9.10. The van der Waals surface area contributed by atoms with Crippen LogP contribution in [0.5, 0.6) is 0 Å². The molecular weight excluding hydrogens is 312 g/mol. The summed E-state index contributed by atoms with van der Waals surface area (Å²) in [5.74, 6) is 1.22. The molecule has 0 atom stereocenters. The molecule has 0 saturated heterocycles. The lowest BCUT2D eigenvalue weighted by molar-refractivity contribution is 0.775. The molecule has 1 aliphatic carbocycles. The lowest BCUT2D eigenvalue weighted by Crippen LogP contribution is -2.26. The number of halogens is 1. The van der Waals surface area contributed by atoms with Gasteiger partial charge in [0.05, 0.1) is 4.47 Å². The fraction of sp³-hybridized carbons (Fsp3) is 0.333. The van der Waals surface area contributed by atoms with Gasteiger partial charge < -0.3 is 10.6 Å². The van der Waals surface area contributed by atoms with Crippen molar-refractivity contribution >= 4 is 39.0 Å². The summed E-state index contributed by atoms with van der Waals surface area (Å²) in [6.07, 6.45) is 4.17. The van der Waals surface area contributed by atoms with Crippen molar-refractivity contribution in [1.82, 2.24) is 9.97 Å². The number of aromatic nitrogens is 2. The summed E-state index contributed by atoms with van der Waals surface area (Å²) in [6.45, 7) is 0.878. The van der Waals surface area contributed by atoms with Gasteiger partial charge in [0, 0.05) is 18.8 Å². The Hall–Kier alpha value is -1.14. The lowest BCUT2D eigenvalue weighted by Gasteiger charge is -2.24. The molecule has 0 spiro atoms. The van der Waals surface area contributed by atoms with E-state index in [1.807, 2.05) is 0 Å². The first kappa shape index (κ1) is 11.9. The summed E-state index contributed by atoms with van der Waals surface area (Å²) in [5, 5.41) is 4.28. The van der Waals surface area contributed by atoms with Crippen molar-refractivity contribution in [2.45, 2.75) is 25.4 Å². The van der Waals surface area contributed by atoms with Crippen molar-refractivity contribution < 1.29 is 0 Å². The van der Waals surface area contributed by atoms with Crippen molar-refractivity contribution in [2.75, 3.05) is 10.6 Å². The predicted molar refractivity (Wildman–Crippen MR) is 77.7 cm³/mol. The van der Waals surface area contributed by atoms with E-state index in [9.17, 15) is 0 Å². The van der Waals surface area contributed by atoms with Crippen LogP contribution in [0.1, 0.15) is 18.4 Å². The maximum Gasteiger partial charge on any atom is 0.222 e. The molecule has 2 aromatic heterocycles. The van der Waals surface area contributed by atoms with Crippen molar-refractivity contribution in [1.29, 1.82) is 0 Å². The van der Waals surface area contributed by atoms with Crippen LogP contribution in [0, 0.1) is 0 Å². The van der Waals surface area contributed by atoms with E-state index in [4.69, 9.17) is 5.73 Å². The first-order valence-electron chi connectivity index (χ1n) is 5.80. The Balaban J connectivity index is 1.91. The Morgan fingerprint density at radius 2 is 2.33 bits per heavy atom. The highest BCUT2D eigenvalue weighted by atomic mass is 79.9. The highest BCUT2D eigenvalue weighted by Crippen LogP contribution is 2.35. The Bertz CT molecular complexity index is 539. The smallest absolute Gasteiger partial charge is 0.222 e. The first-order chi connectivity index (χ1) is 8.74. The third-order valence-corrected chi connectivity index (χ3v) is 4.23. The Morgan fingerprint density at radius 3 is 3.00 bits per heavy atom. The Labute approximate surface area is 118 Å². The zero-order valence-corrected chi connectivity index (χ0v) is 12.1. The molecule has 94 valence electrons. The van der Waals surface area contributed by atoms with Crippen LogP contribution in [-0.2, 0) is 6.54 Å². The van der Waals surface area contributed by atoms with E-state index in [1.165, 1.54) is 18.4 Å². The molecule has 2 aromatic rings. The number of thiophene rings is 1. The fourth-order valence-corrected chi connectivity index (χ4v) is 2.99. The summed E-state index contributed by atoms with van der Waals surface area (Å²) in [5.41, 5.74) is 7.01. The monoisotopic (exact) mass is 324 g/mol.